The second-order valence-corrected chi connectivity index (χ2v) is 6.58. The molecule has 5 heteroatoms. The van der Waals surface area contributed by atoms with Gasteiger partial charge in [-0.1, -0.05) is 12.1 Å². The molecule has 0 aliphatic carbocycles. The summed E-state index contributed by atoms with van der Waals surface area (Å²) in [4.78, 5) is 18.3. The van der Waals surface area contributed by atoms with Crippen molar-refractivity contribution in [3.05, 3.63) is 35.5 Å². The molecule has 1 unspecified atom stereocenters. The van der Waals surface area contributed by atoms with Gasteiger partial charge in [-0.3, -0.25) is 9.69 Å². The van der Waals surface area contributed by atoms with E-state index >= 15 is 0 Å². The number of carbonyl (C=O) groups is 1. The van der Waals surface area contributed by atoms with Crippen LogP contribution in [-0.4, -0.2) is 56.5 Å². The second-order valence-electron chi connectivity index (χ2n) is 6.58. The molecule has 0 saturated heterocycles. The SMILES string of the molecule is CN(C)CCCCN1CCC2=C(C1=O)[NH+](C)c1ccccc12.[Cl-]. The van der Waals surface area contributed by atoms with E-state index in [1.807, 2.05) is 4.90 Å². The molecular formula is C18H26ClN3O. The van der Waals surface area contributed by atoms with Gasteiger partial charge in [0.25, 0.3) is 0 Å². The first-order valence-corrected chi connectivity index (χ1v) is 8.20. The van der Waals surface area contributed by atoms with E-state index in [0.717, 1.165) is 49.5 Å². The Hall–Kier alpha value is -1.36. The first kappa shape index (κ1) is 18.0. The number of quaternary nitrogens is 1. The Kier molecular flexibility index (Phi) is 5.84. The highest BCUT2D eigenvalue weighted by Crippen LogP contribution is 2.34. The molecule has 2 aliphatic heterocycles. The smallest absolute Gasteiger partial charge is 0.308 e. The molecule has 2 aliphatic rings. The van der Waals surface area contributed by atoms with E-state index in [0.29, 0.717) is 0 Å². The normalized spacial score (nSPS) is 19.7. The third kappa shape index (κ3) is 3.44. The molecule has 1 aromatic carbocycles. The van der Waals surface area contributed by atoms with Crippen molar-refractivity contribution in [1.29, 1.82) is 0 Å². The third-order valence-electron chi connectivity index (χ3n) is 4.75. The van der Waals surface area contributed by atoms with Crippen molar-refractivity contribution in [2.24, 2.45) is 0 Å². The van der Waals surface area contributed by atoms with Crippen molar-refractivity contribution in [2.75, 3.05) is 40.8 Å². The molecule has 0 radical (unpaired) electrons. The number of fused-ring (bicyclic) bond motifs is 2. The summed E-state index contributed by atoms with van der Waals surface area (Å²) >= 11 is 0. The number of carbonyl (C=O) groups excluding carboxylic acids is 1. The zero-order valence-electron chi connectivity index (χ0n) is 14.2. The summed E-state index contributed by atoms with van der Waals surface area (Å²) in [5.41, 5.74) is 4.76. The van der Waals surface area contributed by atoms with Crippen molar-refractivity contribution in [1.82, 2.24) is 9.80 Å². The number of benzene rings is 1. The fourth-order valence-corrected chi connectivity index (χ4v) is 3.57. The van der Waals surface area contributed by atoms with Crippen LogP contribution >= 0.6 is 0 Å². The van der Waals surface area contributed by atoms with Crippen LogP contribution in [0.1, 0.15) is 24.8 Å². The van der Waals surface area contributed by atoms with Gasteiger partial charge in [0.2, 0.25) is 5.70 Å². The number of rotatable bonds is 5. The monoisotopic (exact) mass is 335 g/mol. The van der Waals surface area contributed by atoms with Gasteiger partial charge >= 0.3 is 5.91 Å². The van der Waals surface area contributed by atoms with E-state index in [2.05, 4.69) is 50.3 Å². The molecule has 3 rings (SSSR count). The van der Waals surface area contributed by atoms with Gasteiger partial charge in [-0.25, -0.2) is 0 Å². The van der Waals surface area contributed by atoms with Gasteiger partial charge in [0.15, 0.2) is 0 Å². The summed E-state index contributed by atoms with van der Waals surface area (Å²) in [6.07, 6.45) is 3.22. The van der Waals surface area contributed by atoms with E-state index < -0.39 is 0 Å². The van der Waals surface area contributed by atoms with Crippen molar-refractivity contribution >= 4 is 17.2 Å². The lowest BCUT2D eigenvalue weighted by atomic mass is 9.99. The van der Waals surface area contributed by atoms with Crippen LogP contribution in [0, 0.1) is 0 Å². The molecule has 4 nitrogen and oxygen atoms in total. The lowest BCUT2D eigenvalue weighted by Crippen LogP contribution is -3.02. The minimum absolute atomic E-state index is 0. The van der Waals surface area contributed by atoms with E-state index in [1.54, 1.807) is 0 Å². The first-order valence-electron chi connectivity index (χ1n) is 8.20. The van der Waals surface area contributed by atoms with Gasteiger partial charge in [0.05, 0.1) is 7.05 Å². The summed E-state index contributed by atoms with van der Waals surface area (Å²) in [5, 5.41) is 0. The van der Waals surface area contributed by atoms with E-state index in [-0.39, 0.29) is 18.3 Å². The number of halogens is 1. The number of unbranched alkanes of at least 4 members (excludes halogenated alkanes) is 1. The molecule has 2 heterocycles. The fraction of sp³-hybridized carbons (Fsp3) is 0.500. The molecule has 0 aromatic heterocycles. The zero-order valence-corrected chi connectivity index (χ0v) is 15.0. The lowest BCUT2D eigenvalue weighted by Gasteiger charge is -2.27. The van der Waals surface area contributed by atoms with Crippen LogP contribution in [0.5, 0.6) is 0 Å². The van der Waals surface area contributed by atoms with Gasteiger partial charge in [-0.05, 0) is 46.0 Å². The average molecular weight is 336 g/mol. The summed E-state index contributed by atoms with van der Waals surface area (Å²) in [6.45, 7) is 2.83. The summed E-state index contributed by atoms with van der Waals surface area (Å²) in [6, 6.07) is 8.42. The number of amides is 1. The highest BCUT2D eigenvalue weighted by molar-refractivity contribution is 6.03. The maximum Gasteiger partial charge on any atom is 0.308 e. The molecule has 0 fully saturated rings. The van der Waals surface area contributed by atoms with Crippen LogP contribution in [0.15, 0.2) is 30.0 Å². The predicted octanol–water partition coefficient (Wildman–Crippen LogP) is -1.86. The van der Waals surface area contributed by atoms with Crippen LogP contribution < -0.4 is 17.3 Å². The molecule has 0 bridgehead atoms. The standard InChI is InChI=1S/C18H25N3O.ClH/c1-19(2)11-6-7-12-21-13-10-15-14-8-4-5-9-16(14)20(3)17(15)18(21)22;/h4-5,8-9H,6-7,10-13H2,1-3H3;1H. The van der Waals surface area contributed by atoms with Gasteiger partial charge in [0, 0.05) is 30.3 Å². The Morgan fingerprint density at radius 2 is 1.96 bits per heavy atom. The summed E-state index contributed by atoms with van der Waals surface area (Å²) in [5.74, 6) is 0.236. The molecule has 23 heavy (non-hydrogen) atoms. The minimum atomic E-state index is 0. The van der Waals surface area contributed by atoms with Crippen molar-refractivity contribution < 1.29 is 22.1 Å². The number of nitrogens with zero attached hydrogens (tertiary/aromatic N) is 2. The highest BCUT2D eigenvalue weighted by Gasteiger charge is 2.40. The molecule has 126 valence electrons. The van der Waals surface area contributed by atoms with Crippen LogP contribution in [0.4, 0.5) is 5.69 Å². The predicted molar refractivity (Wildman–Crippen MR) is 88.9 cm³/mol. The van der Waals surface area contributed by atoms with Gasteiger partial charge in [0.1, 0.15) is 5.69 Å². The first-order chi connectivity index (χ1) is 10.6. The van der Waals surface area contributed by atoms with Crippen molar-refractivity contribution in [3.8, 4) is 0 Å². The number of likely N-dealkylation sites (N-methyl/N-ethyl adjacent to an activating group) is 1. The quantitative estimate of drug-likeness (QED) is 0.639. The zero-order chi connectivity index (χ0) is 15.7. The molecule has 1 amide bonds. The Labute approximate surface area is 145 Å². The van der Waals surface area contributed by atoms with Gasteiger partial charge < -0.3 is 22.2 Å². The Morgan fingerprint density at radius 3 is 2.70 bits per heavy atom. The molecule has 0 saturated carbocycles. The van der Waals surface area contributed by atoms with Crippen LogP contribution in [0.2, 0.25) is 0 Å². The number of para-hydroxylation sites is 1. The maximum absolute atomic E-state index is 12.9. The number of hydrogen-bond donors (Lipinski definition) is 1. The molecule has 1 atom stereocenters. The molecule has 0 spiro atoms. The van der Waals surface area contributed by atoms with Crippen LogP contribution in [0.3, 0.4) is 0 Å². The van der Waals surface area contributed by atoms with E-state index in [1.165, 1.54) is 16.8 Å². The Bertz CT molecular complexity index is 612. The maximum atomic E-state index is 12.9. The lowest BCUT2D eigenvalue weighted by molar-refractivity contribution is -0.758. The average Bonchev–Trinajstić information content (AvgIpc) is 2.80. The number of hydrogen-bond acceptors (Lipinski definition) is 2. The fourth-order valence-electron chi connectivity index (χ4n) is 3.57. The topological polar surface area (TPSA) is 28.0 Å². The van der Waals surface area contributed by atoms with Crippen molar-refractivity contribution in [2.45, 2.75) is 19.3 Å². The Morgan fingerprint density at radius 1 is 1.22 bits per heavy atom. The van der Waals surface area contributed by atoms with Crippen molar-refractivity contribution in [3.63, 3.8) is 0 Å². The summed E-state index contributed by atoms with van der Waals surface area (Å²) < 4.78 is 0. The molecular weight excluding hydrogens is 310 g/mol. The molecule has 1 aromatic rings. The minimum Gasteiger partial charge on any atom is -1.00 e. The van der Waals surface area contributed by atoms with Gasteiger partial charge in [-0.2, -0.15) is 0 Å². The largest absolute Gasteiger partial charge is 1.00 e. The summed E-state index contributed by atoms with van der Waals surface area (Å²) in [7, 11) is 6.28. The van der Waals surface area contributed by atoms with Gasteiger partial charge in [-0.15, -0.1) is 0 Å². The van der Waals surface area contributed by atoms with E-state index in [9.17, 15) is 4.79 Å². The second kappa shape index (κ2) is 7.47. The third-order valence-corrected chi connectivity index (χ3v) is 4.75. The number of nitrogens with one attached hydrogen (secondary N) is 1. The van der Waals surface area contributed by atoms with Crippen LogP contribution in [-0.2, 0) is 4.79 Å². The molecule has 1 N–H and O–H groups in total. The highest BCUT2D eigenvalue weighted by atomic mass is 35.5. The van der Waals surface area contributed by atoms with Crippen LogP contribution in [0.25, 0.3) is 5.57 Å². The Balaban J connectivity index is 0.00000192. The van der Waals surface area contributed by atoms with E-state index in [4.69, 9.17) is 0 Å².